The number of imidazole rings is 1. The number of ether oxygens (including phenoxy) is 1. The maximum Gasteiger partial charge on any atom is 0.180 e. The maximum absolute atomic E-state index is 5.41. The third-order valence-corrected chi connectivity index (χ3v) is 2.61. The normalized spacial score (nSPS) is 10.8. The molecule has 1 N–H and O–H groups in total. The number of rotatable bonds is 6. The third-order valence-electron chi connectivity index (χ3n) is 2.23. The van der Waals surface area contributed by atoms with Crippen molar-refractivity contribution in [2.75, 3.05) is 25.1 Å². The van der Waals surface area contributed by atoms with E-state index in [0.717, 1.165) is 21.6 Å². The van der Waals surface area contributed by atoms with Crippen LogP contribution in [0.2, 0.25) is 0 Å². The first-order valence-corrected chi connectivity index (χ1v) is 6.41. The van der Waals surface area contributed by atoms with E-state index in [1.54, 1.807) is 6.20 Å². The Labute approximate surface area is 114 Å². The Bertz CT molecular complexity index is 552. The van der Waals surface area contributed by atoms with Crippen LogP contribution in [0.25, 0.3) is 5.65 Å². The second-order valence-electron chi connectivity index (χ2n) is 4.01. The Kier molecular flexibility index (Phi) is 4.33. The minimum absolute atomic E-state index is 0.590. The van der Waals surface area contributed by atoms with E-state index in [4.69, 9.17) is 4.74 Å². The van der Waals surface area contributed by atoms with E-state index in [0.29, 0.717) is 19.8 Å². The van der Waals surface area contributed by atoms with Gasteiger partial charge in [0.25, 0.3) is 0 Å². The lowest BCUT2D eigenvalue weighted by atomic mass is 10.4. The van der Waals surface area contributed by atoms with Gasteiger partial charge in [-0.3, -0.25) is 0 Å². The lowest BCUT2D eigenvalue weighted by Gasteiger charge is -2.08. The summed E-state index contributed by atoms with van der Waals surface area (Å²) >= 11 is 3.37. The SMILES string of the molecule is C=C(C)COCCNc1nc(Br)cn2ccnc12. The molecule has 0 aliphatic heterocycles. The molecule has 0 spiro atoms. The lowest BCUT2D eigenvalue weighted by molar-refractivity contribution is 0.167. The predicted molar refractivity (Wildman–Crippen MR) is 74.8 cm³/mol. The Morgan fingerprint density at radius 2 is 2.44 bits per heavy atom. The van der Waals surface area contributed by atoms with E-state index in [-0.39, 0.29) is 0 Å². The van der Waals surface area contributed by atoms with Crippen molar-refractivity contribution >= 4 is 27.4 Å². The molecule has 5 nitrogen and oxygen atoms in total. The first-order chi connectivity index (χ1) is 8.66. The number of nitrogens with zero attached hydrogens (tertiary/aromatic N) is 3. The number of hydrogen-bond donors (Lipinski definition) is 1. The van der Waals surface area contributed by atoms with Gasteiger partial charge >= 0.3 is 0 Å². The smallest absolute Gasteiger partial charge is 0.180 e. The van der Waals surface area contributed by atoms with Gasteiger partial charge in [0.1, 0.15) is 4.60 Å². The van der Waals surface area contributed by atoms with E-state index in [1.807, 2.05) is 23.7 Å². The highest BCUT2D eigenvalue weighted by Crippen LogP contribution is 2.16. The van der Waals surface area contributed by atoms with Crippen LogP contribution in [0, 0.1) is 0 Å². The molecule has 0 radical (unpaired) electrons. The zero-order valence-corrected chi connectivity index (χ0v) is 11.8. The summed E-state index contributed by atoms with van der Waals surface area (Å²) < 4.78 is 8.09. The second kappa shape index (κ2) is 5.97. The standard InChI is InChI=1S/C12H15BrN4O/c1-9(2)8-18-6-4-14-11-12-15-3-5-17(12)7-10(13)16-11/h3,5,7H,1,4,6,8H2,2H3,(H,14,16). The zero-order valence-electron chi connectivity index (χ0n) is 10.2. The summed E-state index contributed by atoms with van der Waals surface area (Å²) in [6.45, 7) is 7.60. The van der Waals surface area contributed by atoms with Crippen LogP contribution in [0.1, 0.15) is 6.92 Å². The highest BCUT2D eigenvalue weighted by Gasteiger charge is 2.05. The van der Waals surface area contributed by atoms with Crippen molar-refractivity contribution < 1.29 is 4.74 Å². The van der Waals surface area contributed by atoms with Crippen LogP contribution < -0.4 is 5.32 Å². The van der Waals surface area contributed by atoms with Crippen LogP contribution in [0.15, 0.2) is 35.3 Å². The summed E-state index contributed by atoms with van der Waals surface area (Å²) in [5.41, 5.74) is 1.82. The quantitative estimate of drug-likeness (QED) is 0.658. The van der Waals surface area contributed by atoms with E-state index in [2.05, 4.69) is 37.8 Å². The minimum atomic E-state index is 0.590. The molecule has 0 atom stereocenters. The highest BCUT2D eigenvalue weighted by molar-refractivity contribution is 9.10. The molecule has 0 saturated heterocycles. The first kappa shape index (κ1) is 13.0. The van der Waals surface area contributed by atoms with Gasteiger partial charge in [-0.2, -0.15) is 0 Å². The zero-order chi connectivity index (χ0) is 13.0. The van der Waals surface area contributed by atoms with Crippen molar-refractivity contribution in [3.8, 4) is 0 Å². The molecule has 0 saturated carbocycles. The molecule has 0 amide bonds. The molecule has 0 aliphatic carbocycles. The van der Waals surface area contributed by atoms with Crippen molar-refractivity contribution in [2.45, 2.75) is 6.92 Å². The van der Waals surface area contributed by atoms with Gasteiger partial charge in [0.15, 0.2) is 11.5 Å². The fourth-order valence-electron chi connectivity index (χ4n) is 1.51. The van der Waals surface area contributed by atoms with E-state index in [1.165, 1.54) is 0 Å². The summed E-state index contributed by atoms with van der Waals surface area (Å²) in [5, 5.41) is 3.21. The summed E-state index contributed by atoms with van der Waals surface area (Å²) in [5.74, 6) is 0.744. The largest absolute Gasteiger partial charge is 0.375 e. The number of hydrogen-bond acceptors (Lipinski definition) is 4. The first-order valence-electron chi connectivity index (χ1n) is 5.62. The fraction of sp³-hybridized carbons (Fsp3) is 0.333. The number of anilines is 1. The van der Waals surface area contributed by atoms with Gasteiger partial charge < -0.3 is 14.5 Å². The average molecular weight is 311 g/mol. The van der Waals surface area contributed by atoms with Crippen LogP contribution in [0.4, 0.5) is 5.82 Å². The molecule has 96 valence electrons. The second-order valence-corrected chi connectivity index (χ2v) is 4.82. The molecule has 0 fully saturated rings. The van der Waals surface area contributed by atoms with Crippen LogP contribution in [0.3, 0.4) is 0 Å². The van der Waals surface area contributed by atoms with Crippen LogP contribution in [-0.4, -0.2) is 34.1 Å². The molecule has 18 heavy (non-hydrogen) atoms. The van der Waals surface area contributed by atoms with Gasteiger partial charge in [-0.1, -0.05) is 12.2 Å². The van der Waals surface area contributed by atoms with Gasteiger partial charge in [0.05, 0.1) is 13.2 Å². The van der Waals surface area contributed by atoms with Crippen molar-refractivity contribution in [1.82, 2.24) is 14.4 Å². The van der Waals surface area contributed by atoms with Crippen molar-refractivity contribution in [1.29, 1.82) is 0 Å². The maximum atomic E-state index is 5.41. The average Bonchev–Trinajstić information content (AvgIpc) is 2.75. The Balaban J connectivity index is 1.94. The number of halogens is 1. The topological polar surface area (TPSA) is 51.5 Å². The monoisotopic (exact) mass is 310 g/mol. The number of nitrogens with one attached hydrogen (secondary N) is 1. The molecular formula is C12H15BrN4O. The highest BCUT2D eigenvalue weighted by atomic mass is 79.9. The Hall–Kier alpha value is -1.40. The molecule has 2 aromatic rings. The minimum Gasteiger partial charge on any atom is -0.375 e. The lowest BCUT2D eigenvalue weighted by Crippen LogP contribution is -2.12. The van der Waals surface area contributed by atoms with Gasteiger partial charge in [-0.25, -0.2) is 9.97 Å². The van der Waals surface area contributed by atoms with Crippen molar-refractivity contribution in [3.63, 3.8) is 0 Å². The van der Waals surface area contributed by atoms with Gasteiger partial charge in [-0.05, 0) is 22.9 Å². The summed E-state index contributed by atoms with van der Waals surface area (Å²) in [7, 11) is 0. The molecule has 0 unspecified atom stereocenters. The van der Waals surface area contributed by atoms with E-state index < -0.39 is 0 Å². The van der Waals surface area contributed by atoms with E-state index in [9.17, 15) is 0 Å². The molecule has 0 aromatic carbocycles. The number of fused-ring (bicyclic) bond motifs is 1. The van der Waals surface area contributed by atoms with Crippen molar-refractivity contribution in [3.05, 3.63) is 35.3 Å². The molecule has 6 heteroatoms. The summed E-state index contributed by atoms with van der Waals surface area (Å²) in [6, 6.07) is 0. The molecule has 2 rings (SSSR count). The van der Waals surface area contributed by atoms with Gasteiger partial charge in [0.2, 0.25) is 0 Å². The third kappa shape index (κ3) is 3.30. The Morgan fingerprint density at radius 3 is 3.22 bits per heavy atom. The number of aromatic nitrogens is 3. The molecule has 0 aliphatic rings. The summed E-state index contributed by atoms with van der Waals surface area (Å²) in [4.78, 5) is 8.60. The van der Waals surface area contributed by atoms with Gasteiger partial charge in [0, 0.05) is 25.1 Å². The molecule has 2 aromatic heterocycles. The van der Waals surface area contributed by atoms with E-state index >= 15 is 0 Å². The fourth-order valence-corrected chi connectivity index (χ4v) is 1.91. The van der Waals surface area contributed by atoms with Crippen LogP contribution in [-0.2, 0) is 4.74 Å². The van der Waals surface area contributed by atoms with Crippen molar-refractivity contribution in [2.24, 2.45) is 0 Å². The Morgan fingerprint density at radius 1 is 1.61 bits per heavy atom. The van der Waals surface area contributed by atoms with Gasteiger partial charge in [-0.15, -0.1) is 0 Å². The van der Waals surface area contributed by atoms with Crippen LogP contribution in [0.5, 0.6) is 0 Å². The molecular weight excluding hydrogens is 296 g/mol. The molecule has 0 bridgehead atoms. The molecule has 2 heterocycles. The summed E-state index contributed by atoms with van der Waals surface area (Å²) in [6.07, 6.45) is 5.49. The predicted octanol–water partition coefficient (Wildman–Crippen LogP) is 2.50. The van der Waals surface area contributed by atoms with Crippen LogP contribution >= 0.6 is 15.9 Å².